The van der Waals surface area contributed by atoms with Crippen LogP contribution in [0.3, 0.4) is 0 Å². The van der Waals surface area contributed by atoms with Gasteiger partial charge in [-0.2, -0.15) is 0 Å². The van der Waals surface area contributed by atoms with Gasteiger partial charge in [0.2, 0.25) is 0 Å². The first-order valence-corrected chi connectivity index (χ1v) is 7.52. The molecule has 0 radical (unpaired) electrons. The Bertz CT molecular complexity index is 473. The normalized spacial score (nSPS) is 18.1. The van der Waals surface area contributed by atoms with E-state index in [1.807, 2.05) is 0 Å². The lowest BCUT2D eigenvalue weighted by molar-refractivity contribution is 0.0882. The summed E-state index contributed by atoms with van der Waals surface area (Å²) in [5, 5.41) is 3.50. The van der Waals surface area contributed by atoms with Crippen LogP contribution >= 0.6 is 15.9 Å². The lowest BCUT2D eigenvalue weighted by Crippen LogP contribution is -2.51. The van der Waals surface area contributed by atoms with Crippen molar-refractivity contribution in [3.63, 3.8) is 0 Å². The van der Waals surface area contributed by atoms with E-state index in [9.17, 15) is 13.6 Å². The molecule has 2 rings (SSSR count). The molecule has 5 heteroatoms. The second-order valence-corrected chi connectivity index (χ2v) is 5.61. The fourth-order valence-electron chi connectivity index (χ4n) is 2.50. The van der Waals surface area contributed by atoms with Crippen molar-refractivity contribution < 1.29 is 13.6 Å². The van der Waals surface area contributed by atoms with E-state index in [0.29, 0.717) is 5.33 Å². The van der Waals surface area contributed by atoms with Crippen LogP contribution in [0.15, 0.2) is 18.2 Å². The number of carbonyl (C=O) groups excluding carboxylic acids is 1. The standard InChI is InChI=1S/C14H16BrF2NO/c15-9-14(6-2-1-3-7-14)18-13(19)11-8-10(16)4-5-12(11)17/h4-5,8H,1-3,6-7,9H2,(H,18,19). The van der Waals surface area contributed by atoms with Gasteiger partial charge in [0.25, 0.3) is 5.91 Å². The van der Waals surface area contributed by atoms with Crippen LogP contribution in [0.2, 0.25) is 0 Å². The topological polar surface area (TPSA) is 29.1 Å². The smallest absolute Gasteiger partial charge is 0.254 e. The first-order chi connectivity index (χ1) is 9.06. The molecule has 1 saturated carbocycles. The highest BCUT2D eigenvalue weighted by Gasteiger charge is 2.33. The van der Waals surface area contributed by atoms with Crippen LogP contribution < -0.4 is 5.32 Å². The maximum absolute atomic E-state index is 13.6. The van der Waals surface area contributed by atoms with E-state index in [-0.39, 0.29) is 11.1 Å². The lowest BCUT2D eigenvalue weighted by atomic mass is 9.83. The first kappa shape index (κ1) is 14.4. The van der Waals surface area contributed by atoms with Crippen LogP contribution in [0.5, 0.6) is 0 Å². The molecule has 1 aliphatic carbocycles. The van der Waals surface area contributed by atoms with Crippen molar-refractivity contribution >= 4 is 21.8 Å². The average molecular weight is 332 g/mol. The second-order valence-electron chi connectivity index (χ2n) is 5.05. The van der Waals surface area contributed by atoms with Crippen molar-refractivity contribution in [2.45, 2.75) is 37.6 Å². The number of hydrogen-bond donors (Lipinski definition) is 1. The number of halogens is 3. The molecule has 1 aromatic carbocycles. The molecule has 0 atom stereocenters. The maximum Gasteiger partial charge on any atom is 0.254 e. The van der Waals surface area contributed by atoms with E-state index in [2.05, 4.69) is 21.2 Å². The minimum atomic E-state index is -0.695. The molecule has 0 aliphatic heterocycles. The Kier molecular flexibility index (Phi) is 4.55. The van der Waals surface area contributed by atoms with Gasteiger partial charge in [-0.25, -0.2) is 8.78 Å². The fraction of sp³-hybridized carbons (Fsp3) is 0.500. The first-order valence-electron chi connectivity index (χ1n) is 6.40. The predicted molar refractivity (Wildman–Crippen MR) is 73.4 cm³/mol. The van der Waals surface area contributed by atoms with Gasteiger partial charge < -0.3 is 5.32 Å². The van der Waals surface area contributed by atoms with Gasteiger partial charge in [-0.15, -0.1) is 0 Å². The molecular weight excluding hydrogens is 316 g/mol. The van der Waals surface area contributed by atoms with Crippen molar-refractivity contribution in [2.24, 2.45) is 0 Å². The summed E-state index contributed by atoms with van der Waals surface area (Å²) in [6, 6.07) is 2.92. The van der Waals surface area contributed by atoms with Gasteiger partial charge in [0, 0.05) is 5.33 Å². The third kappa shape index (κ3) is 3.32. The van der Waals surface area contributed by atoms with E-state index < -0.39 is 17.5 Å². The molecule has 1 amide bonds. The third-order valence-electron chi connectivity index (χ3n) is 3.62. The van der Waals surface area contributed by atoms with Crippen molar-refractivity contribution in [1.82, 2.24) is 5.32 Å². The van der Waals surface area contributed by atoms with Crippen LogP contribution in [-0.2, 0) is 0 Å². The molecule has 1 aromatic rings. The predicted octanol–water partition coefficient (Wildman–Crippen LogP) is 3.79. The van der Waals surface area contributed by atoms with Gasteiger partial charge in [0.15, 0.2) is 0 Å². The Morgan fingerprint density at radius 1 is 1.26 bits per heavy atom. The Hall–Kier alpha value is -0.970. The Morgan fingerprint density at radius 3 is 2.58 bits per heavy atom. The fourth-order valence-corrected chi connectivity index (χ4v) is 3.20. The summed E-state index contributed by atoms with van der Waals surface area (Å²) in [7, 11) is 0. The van der Waals surface area contributed by atoms with E-state index in [4.69, 9.17) is 0 Å². The molecule has 104 valence electrons. The molecule has 1 fully saturated rings. The van der Waals surface area contributed by atoms with Crippen molar-refractivity contribution in [3.8, 4) is 0 Å². The zero-order valence-corrected chi connectivity index (χ0v) is 12.1. The highest BCUT2D eigenvalue weighted by atomic mass is 79.9. The van der Waals surface area contributed by atoms with Gasteiger partial charge in [-0.3, -0.25) is 4.79 Å². The number of amides is 1. The van der Waals surface area contributed by atoms with Crippen LogP contribution in [-0.4, -0.2) is 16.8 Å². The van der Waals surface area contributed by atoms with Gasteiger partial charge in [0.05, 0.1) is 11.1 Å². The second kappa shape index (κ2) is 5.99. The summed E-state index contributed by atoms with van der Waals surface area (Å²) < 4.78 is 26.7. The number of benzene rings is 1. The Labute approximate surface area is 119 Å². The lowest BCUT2D eigenvalue weighted by Gasteiger charge is -2.36. The Morgan fingerprint density at radius 2 is 1.95 bits per heavy atom. The van der Waals surface area contributed by atoms with Crippen LogP contribution in [0.25, 0.3) is 0 Å². The maximum atomic E-state index is 13.6. The summed E-state index contributed by atoms with van der Waals surface area (Å²) in [6.45, 7) is 0. The average Bonchev–Trinajstić information content (AvgIpc) is 2.42. The number of hydrogen-bond acceptors (Lipinski definition) is 1. The molecule has 0 heterocycles. The molecule has 0 spiro atoms. The van der Waals surface area contributed by atoms with Gasteiger partial charge in [-0.05, 0) is 31.0 Å². The molecule has 0 bridgehead atoms. The van der Waals surface area contributed by atoms with E-state index in [0.717, 1.165) is 50.3 Å². The minimum Gasteiger partial charge on any atom is -0.346 e. The molecule has 0 unspecified atom stereocenters. The van der Waals surface area contributed by atoms with Gasteiger partial charge in [0.1, 0.15) is 11.6 Å². The van der Waals surface area contributed by atoms with Crippen LogP contribution in [0.4, 0.5) is 8.78 Å². The summed E-state index contributed by atoms with van der Waals surface area (Å²) in [6.07, 6.45) is 4.95. The largest absolute Gasteiger partial charge is 0.346 e. The van der Waals surface area contributed by atoms with E-state index >= 15 is 0 Å². The summed E-state index contributed by atoms with van der Waals surface area (Å²) in [4.78, 5) is 12.1. The molecule has 0 saturated heterocycles. The summed E-state index contributed by atoms with van der Waals surface area (Å²) in [5.41, 5.74) is -0.570. The summed E-state index contributed by atoms with van der Waals surface area (Å²) in [5.74, 6) is -1.85. The van der Waals surface area contributed by atoms with Crippen LogP contribution in [0, 0.1) is 11.6 Å². The summed E-state index contributed by atoms with van der Waals surface area (Å²) >= 11 is 3.42. The molecule has 1 N–H and O–H groups in total. The molecular formula is C14H16BrF2NO. The van der Waals surface area contributed by atoms with Gasteiger partial charge in [-0.1, -0.05) is 35.2 Å². The van der Waals surface area contributed by atoms with Crippen molar-refractivity contribution in [3.05, 3.63) is 35.4 Å². The van der Waals surface area contributed by atoms with Gasteiger partial charge >= 0.3 is 0 Å². The number of alkyl halides is 1. The third-order valence-corrected chi connectivity index (χ3v) is 4.69. The monoisotopic (exact) mass is 331 g/mol. The molecule has 19 heavy (non-hydrogen) atoms. The number of rotatable bonds is 3. The van der Waals surface area contributed by atoms with E-state index in [1.165, 1.54) is 0 Å². The Balaban J connectivity index is 2.17. The number of carbonyl (C=O) groups is 1. The van der Waals surface area contributed by atoms with Crippen LogP contribution in [0.1, 0.15) is 42.5 Å². The quantitative estimate of drug-likeness (QED) is 0.839. The highest BCUT2D eigenvalue weighted by Crippen LogP contribution is 2.30. The molecule has 2 nitrogen and oxygen atoms in total. The van der Waals surface area contributed by atoms with Crippen molar-refractivity contribution in [1.29, 1.82) is 0 Å². The highest BCUT2D eigenvalue weighted by molar-refractivity contribution is 9.09. The minimum absolute atomic E-state index is 0.231. The van der Waals surface area contributed by atoms with Crippen molar-refractivity contribution in [2.75, 3.05) is 5.33 Å². The zero-order chi connectivity index (χ0) is 13.9. The zero-order valence-electron chi connectivity index (χ0n) is 10.5. The SMILES string of the molecule is O=C(NC1(CBr)CCCCC1)c1cc(F)ccc1F. The number of nitrogens with one attached hydrogen (secondary N) is 1. The van der Waals surface area contributed by atoms with E-state index in [1.54, 1.807) is 0 Å². The molecule has 1 aliphatic rings. The molecule has 0 aromatic heterocycles.